The van der Waals surface area contributed by atoms with Crippen LogP contribution in [0.4, 0.5) is 5.13 Å². The van der Waals surface area contributed by atoms with Gasteiger partial charge >= 0.3 is 0 Å². The highest BCUT2D eigenvalue weighted by molar-refractivity contribution is 7.16. The van der Waals surface area contributed by atoms with Crippen LogP contribution in [0.2, 0.25) is 5.15 Å². The van der Waals surface area contributed by atoms with Gasteiger partial charge in [0, 0.05) is 6.54 Å². The molecule has 4 nitrogen and oxygen atoms in total. The van der Waals surface area contributed by atoms with E-state index in [0.717, 1.165) is 0 Å². The van der Waals surface area contributed by atoms with Crippen molar-refractivity contribution in [3.8, 4) is 6.07 Å². The lowest BCUT2D eigenvalue weighted by molar-refractivity contribution is 0.183. The molecule has 1 unspecified atom stereocenters. The Morgan fingerprint density at radius 2 is 2.50 bits per heavy atom. The maximum atomic E-state index is 9.27. The number of rotatable bonds is 4. The first-order chi connectivity index (χ1) is 6.67. The Bertz CT molecular complexity index is 347. The molecule has 1 heterocycles. The Morgan fingerprint density at radius 3 is 3.00 bits per heavy atom. The van der Waals surface area contributed by atoms with Crippen LogP contribution in [0.5, 0.6) is 0 Å². The van der Waals surface area contributed by atoms with Gasteiger partial charge in [-0.3, -0.25) is 0 Å². The summed E-state index contributed by atoms with van der Waals surface area (Å²) in [5, 5.41) is 21.6. The molecule has 1 aromatic rings. The average molecular weight is 232 g/mol. The van der Waals surface area contributed by atoms with Crippen LogP contribution < -0.4 is 5.32 Å². The lowest BCUT2D eigenvalue weighted by Crippen LogP contribution is -2.17. The van der Waals surface area contributed by atoms with Gasteiger partial charge in [0.15, 0.2) is 10.3 Å². The molecule has 76 valence electrons. The molecule has 0 saturated heterocycles. The topological polar surface area (TPSA) is 68.9 Å². The van der Waals surface area contributed by atoms with E-state index in [1.807, 2.05) is 13.0 Å². The molecule has 0 fully saturated rings. The third-order valence-electron chi connectivity index (χ3n) is 1.65. The van der Waals surface area contributed by atoms with Gasteiger partial charge in [-0.2, -0.15) is 5.26 Å². The Morgan fingerprint density at radius 1 is 1.79 bits per heavy atom. The van der Waals surface area contributed by atoms with Crippen molar-refractivity contribution in [2.45, 2.75) is 19.4 Å². The Hall–Kier alpha value is -0.830. The summed E-state index contributed by atoms with van der Waals surface area (Å²) in [4.78, 5) is 4.32. The molecule has 0 radical (unpaired) electrons. The van der Waals surface area contributed by atoms with Crippen LogP contribution in [0.15, 0.2) is 0 Å². The number of hydrogen-bond donors (Lipinski definition) is 2. The van der Waals surface area contributed by atoms with Crippen LogP contribution >= 0.6 is 22.9 Å². The van der Waals surface area contributed by atoms with E-state index in [-0.39, 0.29) is 5.15 Å². The molecule has 2 N–H and O–H groups in total. The lowest BCUT2D eigenvalue weighted by Gasteiger charge is -2.06. The molecule has 0 aliphatic carbocycles. The van der Waals surface area contributed by atoms with Crippen LogP contribution in [-0.2, 0) is 0 Å². The van der Waals surface area contributed by atoms with E-state index in [4.69, 9.17) is 16.9 Å². The number of thiazole rings is 1. The molecular weight excluding hydrogens is 222 g/mol. The van der Waals surface area contributed by atoms with Gasteiger partial charge in [-0.15, -0.1) is 0 Å². The van der Waals surface area contributed by atoms with Crippen molar-refractivity contribution >= 4 is 28.1 Å². The summed E-state index contributed by atoms with van der Waals surface area (Å²) < 4.78 is 0. The van der Waals surface area contributed by atoms with Gasteiger partial charge in [-0.1, -0.05) is 29.9 Å². The minimum absolute atomic E-state index is 0.214. The predicted octanol–water partition coefficient (Wildman–Crippen LogP) is 1.85. The van der Waals surface area contributed by atoms with Gasteiger partial charge in [-0.25, -0.2) is 4.98 Å². The molecule has 1 rings (SSSR count). The first-order valence-corrected chi connectivity index (χ1v) is 5.35. The fourth-order valence-corrected chi connectivity index (χ4v) is 1.75. The lowest BCUT2D eigenvalue weighted by atomic mass is 10.3. The molecule has 6 heteroatoms. The van der Waals surface area contributed by atoms with E-state index >= 15 is 0 Å². The Labute approximate surface area is 91.2 Å². The molecule has 0 aliphatic rings. The number of nitriles is 1. The number of aliphatic hydroxyl groups excluding tert-OH is 1. The van der Waals surface area contributed by atoms with Crippen LogP contribution in [-0.4, -0.2) is 22.7 Å². The highest BCUT2D eigenvalue weighted by Crippen LogP contribution is 2.25. The fraction of sp³-hybridized carbons (Fsp3) is 0.500. The molecule has 0 spiro atoms. The van der Waals surface area contributed by atoms with Crippen molar-refractivity contribution in [1.82, 2.24) is 4.98 Å². The highest BCUT2D eigenvalue weighted by Gasteiger charge is 2.09. The van der Waals surface area contributed by atoms with E-state index in [2.05, 4.69) is 10.3 Å². The molecule has 0 aliphatic heterocycles. The average Bonchev–Trinajstić information content (AvgIpc) is 2.55. The van der Waals surface area contributed by atoms with E-state index in [1.165, 1.54) is 11.3 Å². The van der Waals surface area contributed by atoms with Crippen LogP contribution in [0, 0.1) is 11.3 Å². The van der Waals surface area contributed by atoms with Crippen molar-refractivity contribution in [3.63, 3.8) is 0 Å². The maximum Gasteiger partial charge on any atom is 0.185 e. The SMILES string of the molecule is CCC(O)CNc1nc(Cl)c(C#N)s1. The maximum absolute atomic E-state index is 9.27. The summed E-state index contributed by atoms with van der Waals surface area (Å²) in [6, 6.07) is 1.94. The summed E-state index contributed by atoms with van der Waals surface area (Å²) in [5.41, 5.74) is 0. The normalized spacial score (nSPS) is 12.1. The number of nitrogens with one attached hydrogen (secondary N) is 1. The first-order valence-electron chi connectivity index (χ1n) is 4.15. The molecule has 1 aromatic heterocycles. The number of aliphatic hydroxyl groups is 1. The molecule has 1 atom stereocenters. The van der Waals surface area contributed by atoms with Gasteiger partial charge in [0.2, 0.25) is 0 Å². The van der Waals surface area contributed by atoms with Crippen LogP contribution in [0.25, 0.3) is 0 Å². The van der Waals surface area contributed by atoms with E-state index < -0.39 is 6.10 Å². The fourth-order valence-electron chi connectivity index (χ4n) is 0.796. The largest absolute Gasteiger partial charge is 0.391 e. The van der Waals surface area contributed by atoms with Gasteiger partial charge < -0.3 is 10.4 Å². The number of halogens is 1. The van der Waals surface area contributed by atoms with Crippen molar-refractivity contribution in [2.24, 2.45) is 0 Å². The van der Waals surface area contributed by atoms with E-state index in [9.17, 15) is 5.11 Å². The minimum Gasteiger partial charge on any atom is -0.391 e. The zero-order valence-electron chi connectivity index (χ0n) is 7.62. The number of nitrogens with zero attached hydrogens (tertiary/aromatic N) is 2. The standard InChI is InChI=1S/C8H10ClN3OS/c1-2-5(13)4-11-8-12-7(9)6(3-10)14-8/h5,13H,2,4H2,1H3,(H,11,12). The van der Waals surface area contributed by atoms with E-state index in [1.54, 1.807) is 0 Å². The summed E-state index contributed by atoms with van der Waals surface area (Å²) >= 11 is 6.85. The summed E-state index contributed by atoms with van der Waals surface area (Å²) in [6.07, 6.45) is 0.278. The quantitative estimate of drug-likeness (QED) is 0.830. The molecular formula is C8H10ClN3OS. The summed E-state index contributed by atoms with van der Waals surface area (Å²) in [6.45, 7) is 2.31. The summed E-state index contributed by atoms with van der Waals surface area (Å²) in [7, 11) is 0. The van der Waals surface area contributed by atoms with Gasteiger partial charge in [0.05, 0.1) is 6.10 Å². The van der Waals surface area contributed by atoms with Gasteiger partial charge in [-0.05, 0) is 6.42 Å². The number of anilines is 1. The third-order valence-corrected chi connectivity index (χ3v) is 2.95. The van der Waals surface area contributed by atoms with Crippen LogP contribution in [0.3, 0.4) is 0 Å². The van der Waals surface area contributed by atoms with Crippen molar-refractivity contribution in [1.29, 1.82) is 5.26 Å². The zero-order chi connectivity index (χ0) is 10.6. The van der Waals surface area contributed by atoms with Crippen molar-refractivity contribution < 1.29 is 5.11 Å². The van der Waals surface area contributed by atoms with Gasteiger partial charge in [0.25, 0.3) is 0 Å². The monoisotopic (exact) mass is 231 g/mol. The van der Waals surface area contributed by atoms with Crippen molar-refractivity contribution in [3.05, 3.63) is 10.0 Å². The van der Waals surface area contributed by atoms with Crippen molar-refractivity contribution in [2.75, 3.05) is 11.9 Å². The molecule has 0 amide bonds. The third kappa shape index (κ3) is 2.84. The first kappa shape index (κ1) is 11.2. The second-order valence-electron chi connectivity index (χ2n) is 2.69. The number of aromatic nitrogens is 1. The Kier molecular flexibility index (Phi) is 4.14. The zero-order valence-corrected chi connectivity index (χ0v) is 9.19. The van der Waals surface area contributed by atoms with Gasteiger partial charge in [0.1, 0.15) is 10.9 Å². The van der Waals surface area contributed by atoms with Crippen LogP contribution in [0.1, 0.15) is 18.2 Å². The summed E-state index contributed by atoms with van der Waals surface area (Å²) in [5.74, 6) is 0. The second kappa shape index (κ2) is 5.15. The highest BCUT2D eigenvalue weighted by atomic mass is 35.5. The predicted molar refractivity (Wildman–Crippen MR) is 56.6 cm³/mol. The number of hydrogen-bond acceptors (Lipinski definition) is 5. The van der Waals surface area contributed by atoms with E-state index in [0.29, 0.717) is 23.0 Å². The second-order valence-corrected chi connectivity index (χ2v) is 4.05. The molecule has 0 aromatic carbocycles. The Balaban J connectivity index is 2.56. The molecule has 14 heavy (non-hydrogen) atoms. The molecule has 0 saturated carbocycles. The molecule has 0 bridgehead atoms. The minimum atomic E-state index is -0.400. The smallest absolute Gasteiger partial charge is 0.185 e.